The quantitative estimate of drug-likeness (QED) is 0.568. The van der Waals surface area contributed by atoms with E-state index in [9.17, 15) is 4.79 Å². The molecule has 12 heavy (non-hydrogen) atoms. The average Bonchev–Trinajstić information content (AvgIpc) is 2.04. The second-order valence-corrected chi connectivity index (χ2v) is 2.66. The van der Waals surface area contributed by atoms with Gasteiger partial charge in [0.1, 0.15) is 6.61 Å². The van der Waals surface area contributed by atoms with Crippen molar-refractivity contribution in [3.63, 3.8) is 0 Å². The van der Waals surface area contributed by atoms with Gasteiger partial charge in [-0.15, -0.1) is 0 Å². The van der Waals surface area contributed by atoms with E-state index in [1.807, 2.05) is 7.05 Å². The minimum atomic E-state index is -0.206. The molecule has 0 heterocycles. The van der Waals surface area contributed by atoms with Crippen LogP contribution in [0.25, 0.3) is 0 Å². The van der Waals surface area contributed by atoms with Gasteiger partial charge in [0.05, 0.1) is 6.42 Å². The van der Waals surface area contributed by atoms with Gasteiger partial charge in [0.15, 0.2) is 0 Å². The van der Waals surface area contributed by atoms with Crippen LogP contribution in [0.3, 0.4) is 0 Å². The fourth-order valence-corrected chi connectivity index (χ4v) is 0.663. The molecule has 4 heteroatoms. The first-order valence-electron chi connectivity index (χ1n) is 4.25. The summed E-state index contributed by atoms with van der Waals surface area (Å²) >= 11 is 0. The summed E-state index contributed by atoms with van der Waals surface area (Å²) in [5.41, 5.74) is 5.18. The minimum absolute atomic E-state index is 0.206. The van der Waals surface area contributed by atoms with Gasteiger partial charge in [-0.3, -0.25) is 4.79 Å². The third-order valence-electron chi connectivity index (χ3n) is 1.62. The van der Waals surface area contributed by atoms with Gasteiger partial charge in [-0.25, -0.2) is 0 Å². The predicted octanol–water partition coefficient (Wildman–Crippen LogP) is -0.170. The molecule has 4 nitrogen and oxygen atoms in total. The largest absolute Gasteiger partial charge is 0.464 e. The summed E-state index contributed by atoms with van der Waals surface area (Å²) < 4.78 is 4.89. The van der Waals surface area contributed by atoms with E-state index in [4.69, 9.17) is 10.5 Å². The van der Waals surface area contributed by atoms with Crippen LogP contribution in [0.4, 0.5) is 0 Å². The van der Waals surface area contributed by atoms with Crippen LogP contribution < -0.4 is 5.73 Å². The van der Waals surface area contributed by atoms with Crippen molar-refractivity contribution < 1.29 is 9.53 Å². The molecule has 0 radical (unpaired) electrons. The normalized spacial score (nSPS) is 10.3. The molecule has 72 valence electrons. The number of hydrogen-bond donors (Lipinski definition) is 1. The number of carbonyl (C=O) groups is 1. The number of hydrogen-bond acceptors (Lipinski definition) is 4. The van der Waals surface area contributed by atoms with Crippen LogP contribution in [0.2, 0.25) is 0 Å². The van der Waals surface area contributed by atoms with Gasteiger partial charge in [0.2, 0.25) is 0 Å². The van der Waals surface area contributed by atoms with Crippen molar-refractivity contribution in [3.8, 4) is 0 Å². The van der Waals surface area contributed by atoms with E-state index >= 15 is 0 Å². The SMILES string of the molecule is CCN(C)CCOC(=O)CCN. The zero-order valence-electron chi connectivity index (χ0n) is 7.88. The molecule has 2 N–H and O–H groups in total. The third-order valence-corrected chi connectivity index (χ3v) is 1.62. The Kier molecular flexibility index (Phi) is 6.70. The van der Waals surface area contributed by atoms with Crippen LogP contribution in [0.5, 0.6) is 0 Å². The Balaban J connectivity index is 3.24. The summed E-state index contributed by atoms with van der Waals surface area (Å²) in [6.07, 6.45) is 0.315. The summed E-state index contributed by atoms with van der Waals surface area (Å²) in [5, 5.41) is 0. The van der Waals surface area contributed by atoms with Crippen LogP contribution in [-0.2, 0) is 9.53 Å². The monoisotopic (exact) mass is 174 g/mol. The molecule has 0 saturated carbocycles. The van der Waals surface area contributed by atoms with Crippen molar-refractivity contribution in [3.05, 3.63) is 0 Å². The number of carbonyl (C=O) groups excluding carboxylic acids is 1. The van der Waals surface area contributed by atoms with Crippen molar-refractivity contribution in [2.75, 3.05) is 33.3 Å². The molecule has 0 aliphatic rings. The molecule has 0 aromatic carbocycles. The molecule has 0 atom stereocenters. The lowest BCUT2D eigenvalue weighted by Gasteiger charge is -2.13. The van der Waals surface area contributed by atoms with Crippen molar-refractivity contribution in [1.82, 2.24) is 4.90 Å². The summed E-state index contributed by atoms with van der Waals surface area (Å²) in [7, 11) is 1.98. The Hall–Kier alpha value is -0.610. The summed E-state index contributed by atoms with van der Waals surface area (Å²) in [5.74, 6) is -0.206. The summed E-state index contributed by atoms with van der Waals surface area (Å²) in [6, 6.07) is 0. The van der Waals surface area contributed by atoms with Crippen LogP contribution in [-0.4, -0.2) is 44.2 Å². The maximum Gasteiger partial charge on any atom is 0.307 e. The molecule has 0 amide bonds. The maximum absolute atomic E-state index is 10.8. The van der Waals surface area contributed by atoms with E-state index in [1.54, 1.807) is 0 Å². The van der Waals surface area contributed by atoms with Crippen LogP contribution >= 0.6 is 0 Å². The zero-order chi connectivity index (χ0) is 9.40. The molecule has 0 fully saturated rings. The van der Waals surface area contributed by atoms with E-state index in [0.29, 0.717) is 19.6 Å². The fraction of sp³-hybridized carbons (Fsp3) is 0.875. The number of nitrogens with two attached hydrogens (primary N) is 1. The van der Waals surface area contributed by atoms with Crippen LogP contribution in [0.1, 0.15) is 13.3 Å². The smallest absolute Gasteiger partial charge is 0.307 e. The van der Waals surface area contributed by atoms with Crippen molar-refractivity contribution in [1.29, 1.82) is 0 Å². The molecule has 0 aromatic heterocycles. The fourth-order valence-electron chi connectivity index (χ4n) is 0.663. The minimum Gasteiger partial charge on any atom is -0.464 e. The van der Waals surface area contributed by atoms with Crippen LogP contribution in [0, 0.1) is 0 Å². The standard InChI is InChI=1S/C8H18N2O2/c1-3-10(2)6-7-12-8(11)4-5-9/h3-7,9H2,1-2H3. The number of likely N-dealkylation sites (N-methyl/N-ethyl adjacent to an activating group) is 1. The molecule has 0 aliphatic carbocycles. The van der Waals surface area contributed by atoms with E-state index < -0.39 is 0 Å². The van der Waals surface area contributed by atoms with E-state index in [-0.39, 0.29) is 5.97 Å². The number of ether oxygens (including phenoxy) is 1. The molecule has 0 aromatic rings. The van der Waals surface area contributed by atoms with Crippen molar-refractivity contribution in [2.24, 2.45) is 5.73 Å². The number of esters is 1. The van der Waals surface area contributed by atoms with Gasteiger partial charge >= 0.3 is 5.97 Å². The topological polar surface area (TPSA) is 55.6 Å². The lowest BCUT2D eigenvalue weighted by atomic mass is 10.4. The first-order chi connectivity index (χ1) is 5.70. The highest BCUT2D eigenvalue weighted by molar-refractivity contribution is 5.69. The van der Waals surface area contributed by atoms with Gasteiger partial charge < -0.3 is 15.4 Å². The lowest BCUT2D eigenvalue weighted by molar-refractivity contribution is -0.143. The van der Waals surface area contributed by atoms with E-state index in [2.05, 4.69) is 11.8 Å². The summed E-state index contributed by atoms with van der Waals surface area (Å²) in [6.45, 7) is 4.63. The Bertz CT molecular complexity index is 128. The number of rotatable bonds is 6. The lowest BCUT2D eigenvalue weighted by Crippen LogP contribution is -2.24. The molecular formula is C8H18N2O2. The summed E-state index contributed by atoms with van der Waals surface area (Å²) in [4.78, 5) is 12.9. The first kappa shape index (κ1) is 11.4. The van der Waals surface area contributed by atoms with Gasteiger partial charge in [-0.05, 0) is 13.6 Å². The molecule has 0 unspecified atom stereocenters. The maximum atomic E-state index is 10.8. The first-order valence-corrected chi connectivity index (χ1v) is 4.25. The molecule has 0 spiro atoms. The highest BCUT2D eigenvalue weighted by Gasteiger charge is 2.00. The van der Waals surface area contributed by atoms with Crippen molar-refractivity contribution >= 4 is 5.97 Å². The predicted molar refractivity (Wildman–Crippen MR) is 47.8 cm³/mol. The second-order valence-electron chi connectivity index (χ2n) is 2.66. The van der Waals surface area contributed by atoms with E-state index in [0.717, 1.165) is 13.1 Å². The molecule has 0 saturated heterocycles. The van der Waals surface area contributed by atoms with Gasteiger partial charge in [0.25, 0.3) is 0 Å². The van der Waals surface area contributed by atoms with Gasteiger partial charge in [-0.2, -0.15) is 0 Å². The molecule has 0 rings (SSSR count). The second kappa shape index (κ2) is 7.06. The van der Waals surface area contributed by atoms with Crippen LogP contribution in [0.15, 0.2) is 0 Å². The molecule has 0 aliphatic heterocycles. The highest BCUT2D eigenvalue weighted by atomic mass is 16.5. The zero-order valence-corrected chi connectivity index (χ0v) is 7.88. The van der Waals surface area contributed by atoms with Gasteiger partial charge in [0, 0.05) is 13.1 Å². The number of nitrogens with zero attached hydrogens (tertiary/aromatic N) is 1. The third kappa shape index (κ3) is 6.12. The van der Waals surface area contributed by atoms with Crippen molar-refractivity contribution in [2.45, 2.75) is 13.3 Å². The molecular weight excluding hydrogens is 156 g/mol. The Labute approximate surface area is 73.7 Å². The molecule has 0 bridgehead atoms. The Morgan fingerprint density at radius 2 is 2.25 bits per heavy atom. The van der Waals surface area contributed by atoms with E-state index in [1.165, 1.54) is 0 Å². The Morgan fingerprint density at radius 3 is 2.75 bits per heavy atom. The van der Waals surface area contributed by atoms with Gasteiger partial charge in [-0.1, -0.05) is 6.92 Å². The highest BCUT2D eigenvalue weighted by Crippen LogP contribution is 1.86. The Morgan fingerprint density at radius 1 is 1.58 bits per heavy atom. The average molecular weight is 174 g/mol.